The Balaban J connectivity index is 2.30. The van der Waals surface area contributed by atoms with Crippen molar-refractivity contribution in [1.82, 2.24) is 5.32 Å². The van der Waals surface area contributed by atoms with Crippen molar-refractivity contribution in [2.75, 3.05) is 7.05 Å². The molecule has 1 fully saturated rings. The SMILES string of the molecule is CCC1CCCCC1C(NC)c1cccc(C)c1C. The highest BCUT2D eigenvalue weighted by atomic mass is 14.9. The zero-order valence-electron chi connectivity index (χ0n) is 13.0. The van der Waals surface area contributed by atoms with Gasteiger partial charge in [0.1, 0.15) is 0 Å². The molecule has 1 aliphatic rings. The Morgan fingerprint density at radius 3 is 2.63 bits per heavy atom. The number of aryl methyl sites for hydroxylation is 1. The lowest BCUT2D eigenvalue weighted by Gasteiger charge is -2.37. The van der Waals surface area contributed by atoms with E-state index in [1.165, 1.54) is 48.8 Å². The van der Waals surface area contributed by atoms with Crippen LogP contribution in [-0.4, -0.2) is 7.05 Å². The summed E-state index contributed by atoms with van der Waals surface area (Å²) in [6.45, 7) is 6.86. The largest absolute Gasteiger partial charge is 0.313 e. The molecule has 0 spiro atoms. The van der Waals surface area contributed by atoms with Crippen LogP contribution >= 0.6 is 0 Å². The van der Waals surface area contributed by atoms with Gasteiger partial charge in [-0.05, 0) is 55.8 Å². The molecular formula is C18H29N. The lowest BCUT2D eigenvalue weighted by Crippen LogP contribution is -2.33. The summed E-state index contributed by atoms with van der Waals surface area (Å²) >= 11 is 0. The Kier molecular flexibility index (Phi) is 5.04. The van der Waals surface area contributed by atoms with Crippen LogP contribution in [0, 0.1) is 25.7 Å². The van der Waals surface area contributed by atoms with Crippen LogP contribution in [0.2, 0.25) is 0 Å². The van der Waals surface area contributed by atoms with Crippen LogP contribution in [0.1, 0.15) is 61.8 Å². The third-order valence-electron chi connectivity index (χ3n) is 5.21. The fraction of sp³-hybridized carbons (Fsp3) is 0.667. The topological polar surface area (TPSA) is 12.0 Å². The quantitative estimate of drug-likeness (QED) is 0.820. The number of hydrogen-bond donors (Lipinski definition) is 1. The van der Waals surface area contributed by atoms with Gasteiger partial charge in [0.05, 0.1) is 0 Å². The first-order valence-electron chi connectivity index (χ1n) is 7.92. The molecule has 1 heteroatoms. The molecule has 1 aliphatic carbocycles. The van der Waals surface area contributed by atoms with Crippen LogP contribution in [-0.2, 0) is 0 Å². The average Bonchev–Trinajstić information content (AvgIpc) is 2.45. The van der Waals surface area contributed by atoms with Gasteiger partial charge in [-0.1, -0.05) is 50.8 Å². The van der Waals surface area contributed by atoms with Gasteiger partial charge in [-0.3, -0.25) is 0 Å². The van der Waals surface area contributed by atoms with Crippen molar-refractivity contribution >= 4 is 0 Å². The first-order chi connectivity index (χ1) is 9.19. The lowest BCUT2D eigenvalue weighted by molar-refractivity contribution is 0.180. The number of hydrogen-bond acceptors (Lipinski definition) is 1. The molecule has 2 rings (SSSR count). The molecule has 0 aliphatic heterocycles. The van der Waals surface area contributed by atoms with Gasteiger partial charge in [0.15, 0.2) is 0 Å². The summed E-state index contributed by atoms with van der Waals surface area (Å²) in [5.74, 6) is 1.70. The molecule has 1 nitrogen and oxygen atoms in total. The van der Waals surface area contributed by atoms with Crippen LogP contribution in [0.4, 0.5) is 0 Å². The Bertz CT molecular complexity index is 410. The first-order valence-corrected chi connectivity index (χ1v) is 7.92. The zero-order valence-corrected chi connectivity index (χ0v) is 13.0. The van der Waals surface area contributed by atoms with E-state index in [9.17, 15) is 0 Å². The van der Waals surface area contributed by atoms with Gasteiger partial charge in [-0.15, -0.1) is 0 Å². The minimum atomic E-state index is 0.533. The zero-order chi connectivity index (χ0) is 13.8. The van der Waals surface area contributed by atoms with Crippen molar-refractivity contribution in [2.45, 2.75) is 58.9 Å². The van der Waals surface area contributed by atoms with E-state index in [-0.39, 0.29) is 0 Å². The van der Waals surface area contributed by atoms with Crippen molar-refractivity contribution in [3.05, 3.63) is 34.9 Å². The molecule has 0 aromatic heterocycles. The summed E-state index contributed by atoms with van der Waals surface area (Å²) in [6, 6.07) is 7.30. The van der Waals surface area contributed by atoms with Gasteiger partial charge in [0.2, 0.25) is 0 Å². The molecule has 19 heavy (non-hydrogen) atoms. The Labute approximate surface area is 118 Å². The summed E-state index contributed by atoms with van der Waals surface area (Å²) in [5, 5.41) is 3.62. The third kappa shape index (κ3) is 3.02. The molecule has 1 aromatic carbocycles. The Morgan fingerprint density at radius 2 is 1.95 bits per heavy atom. The molecule has 1 aromatic rings. The molecule has 1 saturated carbocycles. The molecule has 3 unspecified atom stereocenters. The van der Waals surface area contributed by atoms with E-state index >= 15 is 0 Å². The van der Waals surface area contributed by atoms with Crippen molar-refractivity contribution in [1.29, 1.82) is 0 Å². The standard InChI is InChI=1S/C18H29N/c1-5-15-10-6-7-11-17(15)18(19-4)16-12-8-9-13(2)14(16)3/h8-9,12,15,17-19H,5-7,10-11H2,1-4H3. The number of benzene rings is 1. The fourth-order valence-electron chi connectivity index (χ4n) is 3.89. The third-order valence-corrected chi connectivity index (χ3v) is 5.21. The predicted octanol–water partition coefficient (Wildman–Crippen LogP) is 4.78. The smallest absolute Gasteiger partial charge is 0.0351 e. The van der Waals surface area contributed by atoms with Crippen LogP contribution in [0.25, 0.3) is 0 Å². The molecule has 0 radical (unpaired) electrons. The molecular weight excluding hydrogens is 230 g/mol. The lowest BCUT2D eigenvalue weighted by atomic mass is 9.71. The van der Waals surface area contributed by atoms with Crippen LogP contribution < -0.4 is 5.32 Å². The summed E-state index contributed by atoms with van der Waals surface area (Å²) in [6.07, 6.45) is 6.97. The van der Waals surface area contributed by atoms with Gasteiger partial charge in [0.25, 0.3) is 0 Å². The number of nitrogens with one attached hydrogen (secondary N) is 1. The molecule has 0 amide bonds. The van der Waals surface area contributed by atoms with E-state index in [0.717, 1.165) is 11.8 Å². The summed E-state index contributed by atoms with van der Waals surface area (Å²) in [4.78, 5) is 0. The van der Waals surface area contributed by atoms with Crippen molar-refractivity contribution < 1.29 is 0 Å². The average molecular weight is 259 g/mol. The van der Waals surface area contributed by atoms with Gasteiger partial charge < -0.3 is 5.32 Å². The summed E-state index contributed by atoms with van der Waals surface area (Å²) in [5.41, 5.74) is 4.41. The first kappa shape index (κ1) is 14.6. The van der Waals surface area contributed by atoms with Crippen LogP contribution in [0.5, 0.6) is 0 Å². The van der Waals surface area contributed by atoms with E-state index in [2.05, 4.69) is 51.3 Å². The highest BCUT2D eigenvalue weighted by Gasteiger charge is 2.31. The maximum Gasteiger partial charge on any atom is 0.0351 e. The van der Waals surface area contributed by atoms with Gasteiger partial charge in [0, 0.05) is 6.04 Å². The molecule has 3 atom stereocenters. The molecule has 0 saturated heterocycles. The predicted molar refractivity (Wildman–Crippen MR) is 83.5 cm³/mol. The highest BCUT2D eigenvalue weighted by Crippen LogP contribution is 2.41. The molecule has 1 N–H and O–H groups in total. The second-order valence-corrected chi connectivity index (χ2v) is 6.17. The minimum Gasteiger partial charge on any atom is -0.313 e. The van der Waals surface area contributed by atoms with E-state index in [1.807, 2.05) is 0 Å². The van der Waals surface area contributed by atoms with Gasteiger partial charge in [-0.2, -0.15) is 0 Å². The second-order valence-electron chi connectivity index (χ2n) is 6.17. The fourth-order valence-corrected chi connectivity index (χ4v) is 3.89. The van der Waals surface area contributed by atoms with Crippen molar-refractivity contribution in [2.24, 2.45) is 11.8 Å². The maximum atomic E-state index is 3.62. The maximum absolute atomic E-state index is 3.62. The van der Waals surface area contributed by atoms with E-state index < -0.39 is 0 Å². The van der Waals surface area contributed by atoms with E-state index in [4.69, 9.17) is 0 Å². The molecule has 106 valence electrons. The normalized spacial score (nSPS) is 25.3. The Morgan fingerprint density at radius 1 is 1.21 bits per heavy atom. The summed E-state index contributed by atoms with van der Waals surface area (Å²) < 4.78 is 0. The van der Waals surface area contributed by atoms with Crippen LogP contribution in [0.3, 0.4) is 0 Å². The van der Waals surface area contributed by atoms with E-state index in [1.54, 1.807) is 0 Å². The van der Waals surface area contributed by atoms with Crippen molar-refractivity contribution in [3.63, 3.8) is 0 Å². The monoisotopic (exact) mass is 259 g/mol. The van der Waals surface area contributed by atoms with Crippen molar-refractivity contribution in [3.8, 4) is 0 Å². The number of rotatable bonds is 4. The highest BCUT2D eigenvalue weighted by molar-refractivity contribution is 5.35. The Hall–Kier alpha value is -0.820. The van der Waals surface area contributed by atoms with E-state index in [0.29, 0.717) is 6.04 Å². The summed E-state index contributed by atoms with van der Waals surface area (Å²) in [7, 11) is 2.13. The minimum absolute atomic E-state index is 0.533. The second kappa shape index (κ2) is 6.56. The van der Waals surface area contributed by atoms with Gasteiger partial charge >= 0.3 is 0 Å². The van der Waals surface area contributed by atoms with Crippen LogP contribution in [0.15, 0.2) is 18.2 Å². The molecule has 0 heterocycles. The molecule has 0 bridgehead atoms. The van der Waals surface area contributed by atoms with Gasteiger partial charge in [-0.25, -0.2) is 0 Å².